The lowest BCUT2D eigenvalue weighted by atomic mass is 10.1. The van der Waals surface area contributed by atoms with Gasteiger partial charge in [-0.05, 0) is 36.9 Å². The van der Waals surface area contributed by atoms with Crippen LogP contribution in [0.25, 0.3) is 0 Å². The van der Waals surface area contributed by atoms with Crippen molar-refractivity contribution in [2.24, 2.45) is 0 Å². The van der Waals surface area contributed by atoms with Gasteiger partial charge in [0.05, 0.1) is 5.56 Å². The van der Waals surface area contributed by atoms with Crippen molar-refractivity contribution in [3.8, 4) is 0 Å². The molecule has 0 aliphatic rings. The van der Waals surface area contributed by atoms with E-state index in [9.17, 15) is 4.79 Å². The maximum Gasteiger partial charge on any atom is 0.335 e. The van der Waals surface area contributed by atoms with Crippen LogP contribution in [0.3, 0.4) is 0 Å². The van der Waals surface area contributed by atoms with Crippen LogP contribution in [-0.2, 0) is 6.54 Å². The fourth-order valence-corrected chi connectivity index (χ4v) is 1.69. The van der Waals surface area contributed by atoms with Gasteiger partial charge in [0.2, 0.25) is 0 Å². The molecule has 1 N–H and O–H groups in total. The molecule has 4 heteroatoms. The van der Waals surface area contributed by atoms with Crippen molar-refractivity contribution in [2.45, 2.75) is 20.4 Å². The molecule has 0 unspecified atom stereocenters. The van der Waals surface area contributed by atoms with Gasteiger partial charge >= 0.3 is 5.97 Å². The normalized spacial score (nSPS) is 10.8. The molecular formula is C12H16ClNO2. The lowest BCUT2D eigenvalue weighted by Crippen LogP contribution is -2.22. The van der Waals surface area contributed by atoms with Gasteiger partial charge < -0.3 is 5.11 Å². The Morgan fingerprint density at radius 3 is 2.50 bits per heavy atom. The third kappa shape index (κ3) is 3.22. The van der Waals surface area contributed by atoms with Gasteiger partial charge in [0.15, 0.2) is 0 Å². The van der Waals surface area contributed by atoms with E-state index in [1.165, 1.54) is 6.07 Å². The summed E-state index contributed by atoms with van der Waals surface area (Å²) in [5.41, 5.74) is 1.15. The number of nitrogens with zero attached hydrogens (tertiary/aromatic N) is 1. The first-order valence-corrected chi connectivity index (χ1v) is 5.70. The molecule has 1 rings (SSSR count). The third-order valence-electron chi connectivity index (χ3n) is 2.58. The van der Waals surface area contributed by atoms with Crippen LogP contribution >= 0.6 is 11.6 Å². The number of hydrogen-bond donors (Lipinski definition) is 1. The zero-order chi connectivity index (χ0) is 12.1. The summed E-state index contributed by atoms with van der Waals surface area (Å²) in [4.78, 5) is 13.0. The number of aromatic carboxylic acids is 1. The molecule has 0 spiro atoms. The van der Waals surface area contributed by atoms with Gasteiger partial charge in [-0.25, -0.2) is 4.79 Å². The molecule has 0 radical (unpaired) electrons. The van der Waals surface area contributed by atoms with E-state index < -0.39 is 5.97 Å². The Hall–Kier alpha value is -1.06. The molecular weight excluding hydrogens is 226 g/mol. The fraction of sp³-hybridized carbons (Fsp3) is 0.417. The van der Waals surface area contributed by atoms with Gasteiger partial charge in [-0.15, -0.1) is 0 Å². The highest BCUT2D eigenvalue weighted by Gasteiger charge is 2.09. The van der Waals surface area contributed by atoms with Crippen molar-refractivity contribution in [3.05, 3.63) is 34.3 Å². The first kappa shape index (κ1) is 13.0. The molecule has 0 atom stereocenters. The first-order valence-electron chi connectivity index (χ1n) is 5.32. The largest absolute Gasteiger partial charge is 0.478 e. The minimum absolute atomic E-state index is 0.284. The standard InChI is InChI=1S/C12H16ClNO2/c1-3-14(4-2)8-10-7-9(12(15)16)5-6-11(10)13/h5-7H,3-4,8H2,1-2H3,(H,15,16). The van der Waals surface area contributed by atoms with Crippen LogP contribution in [0.4, 0.5) is 0 Å². The van der Waals surface area contributed by atoms with Crippen LogP contribution < -0.4 is 0 Å². The van der Waals surface area contributed by atoms with Crippen molar-refractivity contribution >= 4 is 17.6 Å². The smallest absolute Gasteiger partial charge is 0.335 e. The highest BCUT2D eigenvalue weighted by Crippen LogP contribution is 2.19. The number of hydrogen-bond acceptors (Lipinski definition) is 2. The zero-order valence-electron chi connectivity index (χ0n) is 9.53. The van der Waals surface area contributed by atoms with Gasteiger partial charge in [0.25, 0.3) is 0 Å². The van der Waals surface area contributed by atoms with Gasteiger partial charge in [-0.2, -0.15) is 0 Å². The summed E-state index contributed by atoms with van der Waals surface area (Å²) < 4.78 is 0. The molecule has 0 aromatic heterocycles. The predicted octanol–water partition coefficient (Wildman–Crippen LogP) is 2.88. The van der Waals surface area contributed by atoms with E-state index >= 15 is 0 Å². The van der Waals surface area contributed by atoms with E-state index in [1.54, 1.807) is 12.1 Å². The monoisotopic (exact) mass is 241 g/mol. The lowest BCUT2D eigenvalue weighted by Gasteiger charge is -2.18. The average molecular weight is 242 g/mol. The van der Waals surface area contributed by atoms with Crippen molar-refractivity contribution in [1.29, 1.82) is 0 Å². The highest BCUT2D eigenvalue weighted by molar-refractivity contribution is 6.31. The predicted molar refractivity (Wildman–Crippen MR) is 65.0 cm³/mol. The molecule has 0 bridgehead atoms. The molecule has 0 saturated carbocycles. The second-order valence-corrected chi connectivity index (χ2v) is 3.98. The molecule has 0 amide bonds. The number of carboxylic acid groups (broad SMARTS) is 1. The van der Waals surface area contributed by atoms with Gasteiger partial charge in [-0.1, -0.05) is 25.4 Å². The molecule has 0 aliphatic heterocycles. The fourth-order valence-electron chi connectivity index (χ4n) is 1.52. The Labute approximate surface area is 101 Å². The Morgan fingerprint density at radius 2 is 2.00 bits per heavy atom. The summed E-state index contributed by atoms with van der Waals surface area (Å²) in [7, 11) is 0. The van der Waals surface area contributed by atoms with Crippen LogP contribution in [0.5, 0.6) is 0 Å². The molecule has 16 heavy (non-hydrogen) atoms. The Kier molecular flexibility index (Phi) is 4.77. The van der Waals surface area contributed by atoms with E-state index in [1.807, 2.05) is 0 Å². The van der Waals surface area contributed by atoms with Crippen LogP contribution in [-0.4, -0.2) is 29.1 Å². The SMILES string of the molecule is CCN(CC)Cc1cc(C(=O)O)ccc1Cl. The molecule has 1 aromatic rings. The van der Waals surface area contributed by atoms with E-state index in [4.69, 9.17) is 16.7 Å². The highest BCUT2D eigenvalue weighted by atomic mass is 35.5. The zero-order valence-corrected chi connectivity index (χ0v) is 10.3. The summed E-state index contributed by atoms with van der Waals surface area (Å²) in [5, 5.41) is 9.51. The van der Waals surface area contributed by atoms with E-state index in [-0.39, 0.29) is 5.56 Å². The Balaban J connectivity index is 2.93. The average Bonchev–Trinajstić information content (AvgIpc) is 2.27. The quantitative estimate of drug-likeness (QED) is 0.862. The molecule has 1 aromatic carbocycles. The molecule has 3 nitrogen and oxygen atoms in total. The summed E-state index contributed by atoms with van der Waals surface area (Å²) in [6, 6.07) is 4.81. The molecule has 0 aliphatic carbocycles. The third-order valence-corrected chi connectivity index (χ3v) is 2.95. The van der Waals surface area contributed by atoms with Crippen LogP contribution in [0.2, 0.25) is 5.02 Å². The van der Waals surface area contributed by atoms with Gasteiger partial charge in [0.1, 0.15) is 0 Å². The number of benzene rings is 1. The number of halogens is 1. The summed E-state index contributed by atoms with van der Waals surface area (Å²) in [6.07, 6.45) is 0. The number of carboxylic acids is 1. The minimum Gasteiger partial charge on any atom is -0.478 e. The maximum atomic E-state index is 10.8. The van der Waals surface area contributed by atoms with Crippen molar-refractivity contribution in [2.75, 3.05) is 13.1 Å². The summed E-state index contributed by atoms with van der Waals surface area (Å²) in [6.45, 7) is 6.66. The van der Waals surface area contributed by atoms with Crippen molar-refractivity contribution in [3.63, 3.8) is 0 Å². The van der Waals surface area contributed by atoms with Crippen molar-refractivity contribution < 1.29 is 9.90 Å². The van der Waals surface area contributed by atoms with E-state index in [0.29, 0.717) is 11.6 Å². The summed E-state index contributed by atoms with van der Waals surface area (Å²) >= 11 is 6.04. The molecule has 0 fully saturated rings. The second-order valence-electron chi connectivity index (χ2n) is 3.57. The first-order chi connectivity index (χ1) is 7.58. The lowest BCUT2D eigenvalue weighted by molar-refractivity contribution is 0.0696. The van der Waals surface area contributed by atoms with Gasteiger partial charge in [0, 0.05) is 11.6 Å². The minimum atomic E-state index is -0.919. The molecule has 0 saturated heterocycles. The number of carbonyl (C=O) groups is 1. The Bertz CT molecular complexity index is 375. The van der Waals surface area contributed by atoms with Crippen molar-refractivity contribution in [1.82, 2.24) is 4.90 Å². The van der Waals surface area contributed by atoms with Crippen LogP contribution in [0.15, 0.2) is 18.2 Å². The second kappa shape index (κ2) is 5.87. The molecule has 88 valence electrons. The molecule has 0 heterocycles. The van der Waals surface area contributed by atoms with Crippen LogP contribution in [0.1, 0.15) is 29.8 Å². The van der Waals surface area contributed by atoms with Gasteiger partial charge in [-0.3, -0.25) is 4.90 Å². The Morgan fingerprint density at radius 1 is 1.38 bits per heavy atom. The summed E-state index contributed by atoms with van der Waals surface area (Å²) in [5.74, 6) is -0.919. The number of rotatable bonds is 5. The maximum absolute atomic E-state index is 10.8. The van der Waals surface area contributed by atoms with E-state index in [2.05, 4.69) is 18.7 Å². The topological polar surface area (TPSA) is 40.5 Å². The van der Waals surface area contributed by atoms with Crippen LogP contribution in [0, 0.1) is 0 Å². The van der Waals surface area contributed by atoms with E-state index in [0.717, 1.165) is 18.7 Å².